The second-order valence-electron chi connectivity index (χ2n) is 4.98. The standard InChI is InChI=1S/2C8H18O.2Ni/c2*1-2-3-4-5-6-7-8-9;;/h2*9H,2-8H2,1H3;;. The van der Waals surface area contributed by atoms with E-state index in [1.54, 1.807) is 0 Å². The Bertz CT molecular complexity index is 99.0. The Morgan fingerprint density at radius 1 is 0.450 bits per heavy atom. The van der Waals surface area contributed by atoms with Crippen LogP contribution in [-0.4, -0.2) is 23.4 Å². The van der Waals surface area contributed by atoms with Crippen molar-refractivity contribution in [1.29, 1.82) is 0 Å². The molecule has 0 atom stereocenters. The number of rotatable bonds is 12. The summed E-state index contributed by atoms with van der Waals surface area (Å²) in [6.07, 6.45) is 15.0. The summed E-state index contributed by atoms with van der Waals surface area (Å²) in [6.45, 7) is 5.16. The zero-order valence-electron chi connectivity index (χ0n) is 13.4. The SMILES string of the molecule is CCCCCCCCO.CCCCCCCCO.[Ni].[Ni]. The molecule has 0 fully saturated rings. The molecule has 0 aromatic heterocycles. The van der Waals surface area contributed by atoms with Crippen molar-refractivity contribution < 1.29 is 43.2 Å². The topological polar surface area (TPSA) is 40.5 Å². The van der Waals surface area contributed by atoms with Crippen LogP contribution in [-0.2, 0) is 33.0 Å². The van der Waals surface area contributed by atoms with Gasteiger partial charge < -0.3 is 10.2 Å². The van der Waals surface area contributed by atoms with E-state index in [0.717, 1.165) is 12.8 Å². The molecule has 0 radical (unpaired) electrons. The van der Waals surface area contributed by atoms with E-state index in [-0.39, 0.29) is 33.0 Å². The van der Waals surface area contributed by atoms with Crippen LogP contribution >= 0.6 is 0 Å². The van der Waals surface area contributed by atoms with Crippen molar-refractivity contribution >= 4 is 0 Å². The van der Waals surface area contributed by atoms with Crippen LogP contribution in [0.5, 0.6) is 0 Å². The van der Waals surface area contributed by atoms with E-state index < -0.39 is 0 Å². The first-order chi connectivity index (χ1) is 8.83. The van der Waals surface area contributed by atoms with Crippen LogP contribution in [0.3, 0.4) is 0 Å². The van der Waals surface area contributed by atoms with Crippen molar-refractivity contribution in [3.05, 3.63) is 0 Å². The monoisotopic (exact) mass is 376 g/mol. The van der Waals surface area contributed by atoms with Crippen molar-refractivity contribution in [2.45, 2.75) is 90.9 Å². The molecule has 0 heterocycles. The fraction of sp³-hybridized carbons (Fsp3) is 1.00. The molecule has 4 heteroatoms. The molecule has 0 spiro atoms. The fourth-order valence-corrected chi connectivity index (χ4v) is 1.78. The summed E-state index contributed by atoms with van der Waals surface area (Å²) in [4.78, 5) is 0. The predicted molar refractivity (Wildman–Crippen MR) is 80.9 cm³/mol. The zero-order chi connectivity index (χ0) is 13.9. The minimum Gasteiger partial charge on any atom is -0.396 e. The summed E-state index contributed by atoms with van der Waals surface area (Å²) in [5.41, 5.74) is 0. The molecule has 0 aliphatic heterocycles. The van der Waals surface area contributed by atoms with Gasteiger partial charge in [0.2, 0.25) is 0 Å². The third-order valence-electron chi connectivity index (χ3n) is 3.02. The van der Waals surface area contributed by atoms with E-state index in [4.69, 9.17) is 10.2 Å². The van der Waals surface area contributed by atoms with Gasteiger partial charge in [-0.3, -0.25) is 0 Å². The quantitative estimate of drug-likeness (QED) is 0.383. The summed E-state index contributed by atoms with van der Waals surface area (Å²) >= 11 is 0. The maximum atomic E-state index is 8.42. The summed E-state index contributed by atoms with van der Waals surface area (Å²) in [5, 5.41) is 16.8. The van der Waals surface area contributed by atoms with Gasteiger partial charge in [-0.1, -0.05) is 78.1 Å². The minimum absolute atomic E-state index is 0. The summed E-state index contributed by atoms with van der Waals surface area (Å²) in [6, 6.07) is 0. The molecule has 2 N–H and O–H groups in total. The average molecular weight is 378 g/mol. The molecule has 0 saturated heterocycles. The van der Waals surface area contributed by atoms with Gasteiger partial charge in [-0.25, -0.2) is 0 Å². The third kappa shape index (κ3) is 36.4. The Balaban J connectivity index is -0.000000116. The van der Waals surface area contributed by atoms with Crippen molar-refractivity contribution in [2.24, 2.45) is 0 Å². The molecule has 2 nitrogen and oxygen atoms in total. The van der Waals surface area contributed by atoms with E-state index in [1.807, 2.05) is 0 Å². The summed E-state index contributed by atoms with van der Waals surface area (Å²) < 4.78 is 0. The smallest absolute Gasteiger partial charge is 0.0431 e. The Kier molecular flexibility index (Phi) is 46.4. The second kappa shape index (κ2) is 32.0. The molecule has 0 aliphatic carbocycles. The molecule has 0 bridgehead atoms. The fourth-order valence-electron chi connectivity index (χ4n) is 1.78. The first-order valence-corrected chi connectivity index (χ1v) is 8.05. The maximum Gasteiger partial charge on any atom is 0.0431 e. The first-order valence-electron chi connectivity index (χ1n) is 8.05. The predicted octanol–water partition coefficient (Wildman–Crippen LogP) is 4.67. The molecule has 0 aliphatic rings. The van der Waals surface area contributed by atoms with Gasteiger partial charge in [0.25, 0.3) is 0 Å². The molecule has 0 amide bonds. The largest absolute Gasteiger partial charge is 0.396 e. The average Bonchev–Trinajstić information content (AvgIpc) is 2.39. The Hall–Kier alpha value is 0.907. The number of hydrogen-bond donors (Lipinski definition) is 2. The van der Waals surface area contributed by atoms with Gasteiger partial charge in [0, 0.05) is 46.2 Å². The van der Waals surface area contributed by atoms with Crippen molar-refractivity contribution in [2.75, 3.05) is 13.2 Å². The molecule has 0 unspecified atom stereocenters. The summed E-state index contributed by atoms with van der Waals surface area (Å²) in [5.74, 6) is 0. The van der Waals surface area contributed by atoms with Crippen LogP contribution in [0.25, 0.3) is 0 Å². The van der Waals surface area contributed by atoms with E-state index in [9.17, 15) is 0 Å². The van der Waals surface area contributed by atoms with Gasteiger partial charge in [-0.05, 0) is 12.8 Å². The van der Waals surface area contributed by atoms with Crippen LogP contribution in [0.4, 0.5) is 0 Å². The van der Waals surface area contributed by atoms with Gasteiger partial charge in [0.1, 0.15) is 0 Å². The molecule has 0 rings (SSSR count). The normalized spacial score (nSPS) is 9.00. The van der Waals surface area contributed by atoms with Gasteiger partial charge in [0.15, 0.2) is 0 Å². The van der Waals surface area contributed by atoms with Crippen LogP contribution < -0.4 is 0 Å². The number of aliphatic hydroxyl groups is 2. The van der Waals surface area contributed by atoms with Crippen LogP contribution in [0, 0.1) is 0 Å². The van der Waals surface area contributed by atoms with Gasteiger partial charge in [-0.15, -0.1) is 0 Å². The van der Waals surface area contributed by atoms with E-state index in [0.29, 0.717) is 13.2 Å². The van der Waals surface area contributed by atoms with E-state index in [2.05, 4.69) is 13.8 Å². The summed E-state index contributed by atoms with van der Waals surface area (Å²) in [7, 11) is 0. The van der Waals surface area contributed by atoms with Crippen LogP contribution in [0.2, 0.25) is 0 Å². The van der Waals surface area contributed by atoms with Crippen LogP contribution in [0.15, 0.2) is 0 Å². The zero-order valence-corrected chi connectivity index (χ0v) is 15.4. The molecule has 132 valence electrons. The molecule has 20 heavy (non-hydrogen) atoms. The Labute approximate surface area is 147 Å². The number of unbranched alkanes of at least 4 members (excludes halogenated alkanes) is 10. The van der Waals surface area contributed by atoms with Crippen molar-refractivity contribution in [1.82, 2.24) is 0 Å². The van der Waals surface area contributed by atoms with Gasteiger partial charge >= 0.3 is 0 Å². The van der Waals surface area contributed by atoms with Crippen molar-refractivity contribution in [3.8, 4) is 0 Å². The van der Waals surface area contributed by atoms with Gasteiger partial charge in [0.05, 0.1) is 0 Å². The minimum atomic E-state index is 0. The number of aliphatic hydroxyl groups excluding tert-OH is 2. The third-order valence-corrected chi connectivity index (χ3v) is 3.02. The van der Waals surface area contributed by atoms with Gasteiger partial charge in [-0.2, -0.15) is 0 Å². The van der Waals surface area contributed by atoms with E-state index in [1.165, 1.54) is 64.2 Å². The molecular weight excluding hydrogens is 342 g/mol. The van der Waals surface area contributed by atoms with Crippen molar-refractivity contribution in [3.63, 3.8) is 0 Å². The molecule has 0 saturated carbocycles. The number of hydrogen-bond acceptors (Lipinski definition) is 2. The first kappa shape index (κ1) is 29.0. The molecule has 0 aromatic carbocycles. The molecule has 0 aromatic rings. The van der Waals surface area contributed by atoms with Crippen LogP contribution in [0.1, 0.15) is 90.9 Å². The van der Waals surface area contributed by atoms with E-state index >= 15 is 0 Å². The Morgan fingerprint density at radius 2 is 0.700 bits per heavy atom. The second-order valence-corrected chi connectivity index (χ2v) is 4.98. The Morgan fingerprint density at radius 3 is 0.950 bits per heavy atom. The maximum absolute atomic E-state index is 8.42. The molecular formula is C16H36Ni2O2.